The van der Waals surface area contributed by atoms with Crippen LogP contribution < -0.4 is 10.5 Å². The number of nitrogens with zero attached hydrogens (tertiary/aromatic N) is 1. The number of carboxylic acid groups (broad SMARTS) is 1. The van der Waals surface area contributed by atoms with Crippen molar-refractivity contribution in [3.05, 3.63) is 59.4 Å². The summed E-state index contributed by atoms with van der Waals surface area (Å²) >= 11 is 0. The van der Waals surface area contributed by atoms with Crippen LogP contribution >= 0.6 is 0 Å². The fourth-order valence-electron chi connectivity index (χ4n) is 3.07. The number of carboxylic acids is 1. The second-order valence-corrected chi connectivity index (χ2v) is 7.57. The number of carbonyl (C=O) groups is 1. The number of benzene rings is 1. The molecule has 0 aliphatic heterocycles. The molecule has 0 saturated carbocycles. The molecule has 1 aromatic heterocycles. The van der Waals surface area contributed by atoms with Crippen molar-refractivity contribution in [2.45, 2.75) is 51.1 Å². The summed E-state index contributed by atoms with van der Waals surface area (Å²) in [6.45, 7) is 3.37. The Morgan fingerprint density at radius 1 is 1.23 bits per heavy atom. The maximum atomic E-state index is 13.1. The largest absolute Gasteiger partial charge is 0.489 e. The second kappa shape index (κ2) is 9.44. The quantitative estimate of drug-likeness (QED) is 0.568. The van der Waals surface area contributed by atoms with Gasteiger partial charge in [-0.2, -0.15) is 13.2 Å². The number of hydrogen-bond acceptors (Lipinski definition) is 5. The first kappa shape index (κ1) is 23.6. The van der Waals surface area contributed by atoms with Crippen LogP contribution in [0.25, 0.3) is 0 Å². The van der Waals surface area contributed by atoms with Gasteiger partial charge in [-0.3, -0.25) is 4.98 Å². The van der Waals surface area contributed by atoms with Crippen LogP contribution in [0.15, 0.2) is 42.6 Å². The summed E-state index contributed by atoms with van der Waals surface area (Å²) in [4.78, 5) is 15.7. The van der Waals surface area contributed by atoms with Gasteiger partial charge < -0.3 is 20.7 Å². The maximum absolute atomic E-state index is 13.1. The van der Waals surface area contributed by atoms with Crippen LogP contribution in [-0.4, -0.2) is 32.8 Å². The van der Waals surface area contributed by atoms with E-state index in [4.69, 9.17) is 10.5 Å². The van der Waals surface area contributed by atoms with Gasteiger partial charge in [-0.15, -0.1) is 0 Å². The minimum Gasteiger partial charge on any atom is -0.489 e. The van der Waals surface area contributed by atoms with Crippen molar-refractivity contribution >= 4 is 5.97 Å². The number of aliphatic hydroxyl groups is 1. The molecule has 9 heteroatoms. The third kappa shape index (κ3) is 5.93. The van der Waals surface area contributed by atoms with E-state index in [-0.39, 0.29) is 42.4 Å². The zero-order valence-corrected chi connectivity index (χ0v) is 16.7. The van der Waals surface area contributed by atoms with E-state index in [1.165, 1.54) is 36.5 Å². The molecule has 0 saturated heterocycles. The van der Waals surface area contributed by atoms with Crippen LogP contribution in [0, 0.1) is 5.92 Å². The molecule has 0 fully saturated rings. The molecule has 0 bridgehead atoms. The fourth-order valence-corrected chi connectivity index (χ4v) is 3.07. The molecule has 2 aromatic rings. The number of ether oxygens (including phenoxy) is 1. The molecule has 30 heavy (non-hydrogen) atoms. The van der Waals surface area contributed by atoms with Crippen LogP contribution in [0.5, 0.6) is 5.75 Å². The van der Waals surface area contributed by atoms with Gasteiger partial charge in [0.15, 0.2) is 5.60 Å². The molecule has 6 nitrogen and oxygen atoms in total. The Balaban J connectivity index is 2.18. The minimum atomic E-state index is -4.51. The Morgan fingerprint density at radius 3 is 2.50 bits per heavy atom. The van der Waals surface area contributed by atoms with Crippen LogP contribution in [0.2, 0.25) is 0 Å². The van der Waals surface area contributed by atoms with E-state index < -0.39 is 29.4 Å². The summed E-state index contributed by atoms with van der Waals surface area (Å²) < 4.78 is 44.8. The zero-order valence-electron chi connectivity index (χ0n) is 16.7. The lowest BCUT2D eigenvalue weighted by molar-refractivity contribution is -0.161. The van der Waals surface area contributed by atoms with E-state index in [2.05, 4.69) is 4.98 Å². The SMILES string of the molecule is CC(C)C[C@H](N)C(O)(Cc1cc(OCc2ccccc2C(F)(F)F)ccn1)C(=O)O. The first-order valence-electron chi connectivity index (χ1n) is 9.37. The summed E-state index contributed by atoms with van der Waals surface area (Å²) in [6, 6.07) is 6.86. The number of alkyl halides is 3. The van der Waals surface area contributed by atoms with Gasteiger partial charge in [0.1, 0.15) is 12.4 Å². The Kier molecular flexibility index (Phi) is 7.44. The molecule has 164 valence electrons. The molecule has 1 unspecified atom stereocenters. The summed E-state index contributed by atoms with van der Waals surface area (Å²) in [5.74, 6) is -1.20. The third-order valence-corrected chi connectivity index (χ3v) is 4.66. The molecule has 4 N–H and O–H groups in total. The first-order chi connectivity index (χ1) is 13.9. The number of aliphatic carboxylic acids is 1. The molecular formula is C21H25F3N2O4. The standard InChI is InChI=1S/C21H25F3N2O4/c1-13(2)9-18(25)20(29,19(27)28)11-15-10-16(7-8-26-15)30-12-14-5-3-4-6-17(14)21(22,23)24/h3-8,10,13,18,29H,9,11-12,25H2,1-2H3,(H,27,28)/t18-,20?/m0/s1. The molecule has 0 aliphatic carbocycles. The number of nitrogens with two attached hydrogens (primary N) is 1. The smallest absolute Gasteiger partial charge is 0.416 e. The highest BCUT2D eigenvalue weighted by Crippen LogP contribution is 2.32. The summed E-state index contributed by atoms with van der Waals surface area (Å²) in [5, 5.41) is 20.2. The summed E-state index contributed by atoms with van der Waals surface area (Å²) in [6.07, 6.45) is -3.26. The maximum Gasteiger partial charge on any atom is 0.416 e. The monoisotopic (exact) mass is 426 g/mol. The van der Waals surface area contributed by atoms with Gasteiger partial charge in [0.05, 0.1) is 5.56 Å². The highest BCUT2D eigenvalue weighted by molar-refractivity contribution is 5.78. The van der Waals surface area contributed by atoms with E-state index >= 15 is 0 Å². The minimum absolute atomic E-state index is 0.0376. The molecule has 0 aliphatic rings. The predicted molar refractivity (Wildman–Crippen MR) is 104 cm³/mol. The van der Waals surface area contributed by atoms with Crippen LogP contribution in [0.3, 0.4) is 0 Å². The molecule has 2 rings (SSSR count). The van der Waals surface area contributed by atoms with Crippen molar-refractivity contribution in [2.24, 2.45) is 11.7 Å². The predicted octanol–water partition coefficient (Wildman–Crippen LogP) is 3.41. The average molecular weight is 426 g/mol. The number of pyridine rings is 1. The van der Waals surface area contributed by atoms with Gasteiger partial charge in [-0.25, -0.2) is 4.79 Å². The number of rotatable bonds is 9. The van der Waals surface area contributed by atoms with Crippen molar-refractivity contribution in [3.8, 4) is 5.75 Å². The normalized spacial score (nSPS) is 14.9. The lowest BCUT2D eigenvalue weighted by Crippen LogP contribution is -2.56. The van der Waals surface area contributed by atoms with Crippen molar-refractivity contribution in [1.29, 1.82) is 0 Å². The molecule has 0 radical (unpaired) electrons. The average Bonchev–Trinajstić information content (AvgIpc) is 2.65. The zero-order chi connectivity index (χ0) is 22.5. The lowest BCUT2D eigenvalue weighted by atomic mass is 9.84. The van der Waals surface area contributed by atoms with Crippen LogP contribution in [0.1, 0.15) is 37.1 Å². The van der Waals surface area contributed by atoms with Crippen molar-refractivity contribution in [3.63, 3.8) is 0 Å². The molecule has 2 atom stereocenters. The van der Waals surface area contributed by atoms with Gasteiger partial charge in [-0.05, 0) is 24.5 Å². The van der Waals surface area contributed by atoms with Crippen LogP contribution in [0.4, 0.5) is 13.2 Å². The summed E-state index contributed by atoms with van der Waals surface area (Å²) in [7, 11) is 0. The Bertz CT molecular complexity index is 873. The van der Waals surface area contributed by atoms with Gasteiger partial charge in [-0.1, -0.05) is 32.0 Å². The molecule has 1 aromatic carbocycles. The van der Waals surface area contributed by atoms with E-state index in [1.807, 2.05) is 13.8 Å². The Labute approximate surface area is 172 Å². The topological polar surface area (TPSA) is 106 Å². The van der Waals surface area contributed by atoms with E-state index in [0.717, 1.165) is 6.07 Å². The number of halogens is 3. The van der Waals surface area contributed by atoms with Gasteiger partial charge in [0, 0.05) is 36.0 Å². The van der Waals surface area contributed by atoms with Crippen LogP contribution in [-0.2, 0) is 24.0 Å². The van der Waals surface area contributed by atoms with Crippen molar-refractivity contribution in [1.82, 2.24) is 4.98 Å². The van der Waals surface area contributed by atoms with E-state index in [9.17, 15) is 28.2 Å². The van der Waals surface area contributed by atoms with E-state index in [0.29, 0.717) is 0 Å². The summed E-state index contributed by atoms with van der Waals surface area (Å²) in [5.41, 5.74) is 3.06. The third-order valence-electron chi connectivity index (χ3n) is 4.66. The lowest BCUT2D eigenvalue weighted by Gasteiger charge is -2.30. The Morgan fingerprint density at radius 2 is 1.90 bits per heavy atom. The highest BCUT2D eigenvalue weighted by Gasteiger charge is 2.43. The molecule has 1 heterocycles. The van der Waals surface area contributed by atoms with Gasteiger partial charge >= 0.3 is 12.1 Å². The Hall–Kier alpha value is -2.65. The molecule has 0 amide bonds. The second-order valence-electron chi connectivity index (χ2n) is 7.57. The molecular weight excluding hydrogens is 401 g/mol. The number of hydrogen-bond donors (Lipinski definition) is 3. The van der Waals surface area contributed by atoms with Gasteiger partial charge in [0.2, 0.25) is 0 Å². The van der Waals surface area contributed by atoms with Crippen molar-refractivity contribution < 1.29 is 32.9 Å². The highest BCUT2D eigenvalue weighted by atomic mass is 19.4. The van der Waals surface area contributed by atoms with Crippen molar-refractivity contribution in [2.75, 3.05) is 0 Å². The molecule has 0 spiro atoms. The van der Waals surface area contributed by atoms with E-state index in [1.54, 1.807) is 0 Å². The fraction of sp³-hybridized carbons (Fsp3) is 0.429. The first-order valence-corrected chi connectivity index (χ1v) is 9.37. The van der Waals surface area contributed by atoms with Gasteiger partial charge in [0.25, 0.3) is 0 Å². The number of aromatic nitrogens is 1.